The van der Waals surface area contributed by atoms with Gasteiger partial charge in [-0.25, -0.2) is 0 Å². The van der Waals surface area contributed by atoms with Crippen LogP contribution in [0.4, 0.5) is 0 Å². The molecule has 0 amide bonds. The Hall–Kier alpha value is -1.57. The molecule has 1 heterocycles. The number of ketones is 1. The summed E-state index contributed by atoms with van der Waals surface area (Å²) in [7, 11) is 0. The van der Waals surface area contributed by atoms with Crippen LogP contribution in [-0.4, -0.2) is 5.78 Å². The van der Waals surface area contributed by atoms with Crippen LogP contribution in [0, 0.1) is 12.8 Å². The number of benzene rings is 1. The van der Waals surface area contributed by atoms with E-state index in [1.165, 1.54) is 5.56 Å². The maximum Gasteiger partial charge on any atom is 0.136 e. The van der Waals surface area contributed by atoms with Gasteiger partial charge in [-0.3, -0.25) is 4.79 Å². The predicted octanol–water partition coefficient (Wildman–Crippen LogP) is 3.65. The van der Waals surface area contributed by atoms with Crippen LogP contribution >= 0.6 is 0 Å². The van der Waals surface area contributed by atoms with E-state index >= 15 is 0 Å². The maximum atomic E-state index is 11.6. The lowest BCUT2D eigenvalue weighted by Crippen LogP contribution is -2.01. The molecule has 2 heteroatoms. The molecule has 1 aliphatic rings. The second kappa shape index (κ2) is 4.02. The third-order valence-corrected chi connectivity index (χ3v) is 3.37. The number of hydrogen-bond acceptors (Lipinski definition) is 2. The first-order valence-electron chi connectivity index (χ1n) is 6.24. The van der Waals surface area contributed by atoms with Crippen molar-refractivity contribution in [2.24, 2.45) is 5.92 Å². The SMILES string of the molecule is Cc1ccc2oc(CCC(=O)C3CC3)cc2c1. The lowest BCUT2D eigenvalue weighted by atomic mass is 10.1. The summed E-state index contributed by atoms with van der Waals surface area (Å²) in [4.78, 5) is 11.6. The average Bonchev–Trinajstić information content (AvgIpc) is 3.07. The van der Waals surface area contributed by atoms with Crippen LogP contribution in [0.1, 0.15) is 30.6 Å². The minimum Gasteiger partial charge on any atom is -0.461 e. The Bertz CT molecular complexity index is 561. The highest BCUT2D eigenvalue weighted by Gasteiger charge is 2.28. The van der Waals surface area contributed by atoms with Crippen molar-refractivity contribution >= 4 is 16.8 Å². The summed E-state index contributed by atoms with van der Waals surface area (Å²) in [5.74, 6) is 1.70. The minimum atomic E-state index is 0.363. The van der Waals surface area contributed by atoms with Gasteiger partial charge in [0.15, 0.2) is 0 Å². The number of furan rings is 1. The zero-order valence-corrected chi connectivity index (χ0v) is 10.0. The quantitative estimate of drug-likeness (QED) is 0.799. The van der Waals surface area contributed by atoms with E-state index in [4.69, 9.17) is 4.42 Å². The van der Waals surface area contributed by atoms with Crippen LogP contribution in [-0.2, 0) is 11.2 Å². The molecule has 0 spiro atoms. The van der Waals surface area contributed by atoms with Gasteiger partial charge in [-0.2, -0.15) is 0 Å². The lowest BCUT2D eigenvalue weighted by molar-refractivity contribution is -0.120. The molecule has 0 atom stereocenters. The van der Waals surface area contributed by atoms with Gasteiger partial charge in [0.2, 0.25) is 0 Å². The van der Waals surface area contributed by atoms with Gasteiger partial charge in [0, 0.05) is 24.1 Å². The fraction of sp³-hybridized carbons (Fsp3) is 0.400. The molecule has 0 N–H and O–H groups in total. The van der Waals surface area contributed by atoms with E-state index in [1.807, 2.05) is 12.1 Å². The van der Waals surface area contributed by atoms with Gasteiger partial charge in [-0.1, -0.05) is 11.6 Å². The van der Waals surface area contributed by atoms with Crippen LogP contribution in [0.15, 0.2) is 28.7 Å². The van der Waals surface area contributed by atoms with Crippen LogP contribution < -0.4 is 0 Å². The zero-order chi connectivity index (χ0) is 11.8. The molecular formula is C15H16O2. The molecule has 17 heavy (non-hydrogen) atoms. The molecular weight excluding hydrogens is 212 g/mol. The molecule has 3 rings (SSSR count). The van der Waals surface area contributed by atoms with Crippen molar-refractivity contribution in [1.29, 1.82) is 0 Å². The largest absolute Gasteiger partial charge is 0.461 e. The summed E-state index contributed by atoms with van der Waals surface area (Å²) in [6, 6.07) is 8.22. The van der Waals surface area contributed by atoms with Gasteiger partial charge < -0.3 is 4.42 Å². The van der Waals surface area contributed by atoms with E-state index in [2.05, 4.69) is 19.1 Å². The van der Waals surface area contributed by atoms with Crippen LogP contribution in [0.2, 0.25) is 0 Å². The highest BCUT2D eigenvalue weighted by Crippen LogP contribution is 2.31. The van der Waals surface area contributed by atoms with E-state index in [-0.39, 0.29) is 0 Å². The summed E-state index contributed by atoms with van der Waals surface area (Å²) < 4.78 is 5.72. The van der Waals surface area contributed by atoms with Crippen LogP contribution in [0.5, 0.6) is 0 Å². The van der Waals surface area contributed by atoms with Crippen molar-refractivity contribution in [2.75, 3.05) is 0 Å². The summed E-state index contributed by atoms with van der Waals surface area (Å²) >= 11 is 0. The average molecular weight is 228 g/mol. The van der Waals surface area contributed by atoms with Crippen molar-refractivity contribution in [2.45, 2.75) is 32.6 Å². The Balaban J connectivity index is 1.74. The number of aryl methyl sites for hydroxylation is 2. The Morgan fingerprint density at radius 3 is 2.94 bits per heavy atom. The molecule has 1 fully saturated rings. The van der Waals surface area contributed by atoms with E-state index in [0.717, 1.165) is 36.0 Å². The minimum absolute atomic E-state index is 0.363. The third kappa shape index (κ3) is 2.26. The molecule has 1 aromatic carbocycles. The van der Waals surface area contributed by atoms with E-state index in [0.29, 0.717) is 18.1 Å². The van der Waals surface area contributed by atoms with Gasteiger partial charge in [0.05, 0.1) is 0 Å². The smallest absolute Gasteiger partial charge is 0.136 e. The van der Waals surface area contributed by atoms with E-state index in [1.54, 1.807) is 0 Å². The molecule has 1 aliphatic carbocycles. The van der Waals surface area contributed by atoms with Crippen molar-refractivity contribution in [1.82, 2.24) is 0 Å². The van der Waals surface area contributed by atoms with Crippen molar-refractivity contribution in [3.05, 3.63) is 35.6 Å². The molecule has 88 valence electrons. The second-order valence-electron chi connectivity index (χ2n) is 4.99. The van der Waals surface area contributed by atoms with Crippen molar-refractivity contribution < 1.29 is 9.21 Å². The molecule has 0 radical (unpaired) electrons. The standard InChI is InChI=1S/C15H16O2/c1-10-2-7-15-12(8-10)9-13(17-15)5-6-14(16)11-3-4-11/h2,7-9,11H,3-6H2,1H3. The topological polar surface area (TPSA) is 30.2 Å². The summed E-state index contributed by atoms with van der Waals surface area (Å²) in [5.41, 5.74) is 2.16. The summed E-state index contributed by atoms with van der Waals surface area (Å²) in [6.07, 6.45) is 3.56. The van der Waals surface area contributed by atoms with Gasteiger partial charge in [-0.15, -0.1) is 0 Å². The normalized spacial score (nSPS) is 15.4. The predicted molar refractivity (Wildman–Crippen MR) is 67.0 cm³/mol. The number of carbonyl (C=O) groups is 1. The molecule has 2 nitrogen and oxygen atoms in total. The molecule has 0 bridgehead atoms. The number of hydrogen-bond donors (Lipinski definition) is 0. The first kappa shape index (κ1) is 10.6. The Morgan fingerprint density at radius 2 is 2.18 bits per heavy atom. The number of rotatable bonds is 4. The fourth-order valence-corrected chi connectivity index (χ4v) is 2.20. The first-order valence-corrected chi connectivity index (χ1v) is 6.24. The first-order chi connectivity index (χ1) is 8.22. The fourth-order valence-electron chi connectivity index (χ4n) is 2.20. The second-order valence-corrected chi connectivity index (χ2v) is 4.99. The van der Waals surface area contributed by atoms with Crippen LogP contribution in [0.25, 0.3) is 11.0 Å². The van der Waals surface area contributed by atoms with Gasteiger partial charge in [0.25, 0.3) is 0 Å². The Morgan fingerprint density at radius 1 is 1.35 bits per heavy atom. The summed E-state index contributed by atoms with van der Waals surface area (Å²) in [5, 5.41) is 1.14. The molecule has 0 unspecified atom stereocenters. The van der Waals surface area contributed by atoms with Crippen molar-refractivity contribution in [3.63, 3.8) is 0 Å². The molecule has 1 aromatic heterocycles. The Kier molecular flexibility index (Phi) is 2.50. The Labute approximate surface area is 101 Å². The summed E-state index contributed by atoms with van der Waals surface area (Å²) in [6.45, 7) is 2.07. The zero-order valence-electron chi connectivity index (χ0n) is 10.0. The van der Waals surface area contributed by atoms with Gasteiger partial charge in [0.1, 0.15) is 17.1 Å². The molecule has 1 saturated carbocycles. The van der Waals surface area contributed by atoms with Crippen LogP contribution in [0.3, 0.4) is 0 Å². The highest BCUT2D eigenvalue weighted by atomic mass is 16.3. The lowest BCUT2D eigenvalue weighted by Gasteiger charge is -1.95. The monoisotopic (exact) mass is 228 g/mol. The molecule has 0 saturated heterocycles. The molecule has 2 aromatic rings. The highest BCUT2D eigenvalue weighted by molar-refractivity contribution is 5.83. The number of fused-ring (bicyclic) bond motifs is 1. The molecule has 0 aliphatic heterocycles. The van der Waals surface area contributed by atoms with E-state index < -0.39 is 0 Å². The third-order valence-electron chi connectivity index (χ3n) is 3.37. The van der Waals surface area contributed by atoms with E-state index in [9.17, 15) is 4.79 Å². The van der Waals surface area contributed by atoms with Crippen molar-refractivity contribution in [3.8, 4) is 0 Å². The van der Waals surface area contributed by atoms with Gasteiger partial charge >= 0.3 is 0 Å². The maximum absolute atomic E-state index is 11.6. The number of Topliss-reactive ketones (excluding diaryl/α,β-unsaturated/α-hetero) is 1. The number of carbonyl (C=O) groups excluding carboxylic acids is 1. The van der Waals surface area contributed by atoms with Gasteiger partial charge in [-0.05, 0) is 38.0 Å².